The van der Waals surface area contributed by atoms with Gasteiger partial charge in [0.2, 0.25) is 0 Å². The third-order valence-corrected chi connectivity index (χ3v) is 1.56. The lowest BCUT2D eigenvalue weighted by molar-refractivity contribution is 0.405. The van der Waals surface area contributed by atoms with Crippen LogP contribution in [0.5, 0.6) is 11.5 Å². The number of benzene rings is 1. The van der Waals surface area contributed by atoms with Gasteiger partial charge in [-0.05, 0) is 24.6 Å². The Balaban J connectivity index is 3.36. The van der Waals surface area contributed by atoms with Crippen LogP contribution in [0.3, 0.4) is 0 Å². The van der Waals surface area contributed by atoms with Crippen LogP contribution >= 0.6 is 0 Å². The fraction of sp³-hybridized carbons (Fsp3) is 0.222. The maximum absolute atomic E-state index is 9.30. The first-order valence-corrected chi connectivity index (χ1v) is 3.46. The van der Waals surface area contributed by atoms with Crippen molar-refractivity contribution in [3.05, 3.63) is 23.3 Å². The van der Waals surface area contributed by atoms with E-state index in [-0.39, 0.29) is 11.3 Å². The second kappa shape index (κ2) is 3.14. The standard InChI is InChI=1S/C9H9NO2/c1-6-3-8(11)7(5-10)9(4-6)12-2/h3-4,11H,1-2H3. The second-order valence-corrected chi connectivity index (χ2v) is 2.47. The molecule has 62 valence electrons. The third-order valence-electron chi connectivity index (χ3n) is 1.56. The SMILES string of the molecule is COc1cc(C)cc(O)c1C#N. The highest BCUT2D eigenvalue weighted by Crippen LogP contribution is 2.27. The van der Waals surface area contributed by atoms with Crippen molar-refractivity contribution < 1.29 is 9.84 Å². The lowest BCUT2D eigenvalue weighted by Gasteiger charge is -2.04. The van der Waals surface area contributed by atoms with Crippen LogP contribution in [0.25, 0.3) is 0 Å². The number of ether oxygens (including phenoxy) is 1. The first-order valence-electron chi connectivity index (χ1n) is 3.46. The summed E-state index contributed by atoms with van der Waals surface area (Å²) >= 11 is 0. The van der Waals surface area contributed by atoms with Crippen LogP contribution in [0.2, 0.25) is 0 Å². The number of rotatable bonds is 1. The molecular weight excluding hydrogens is 154 g/mol. The molecule has 0 unspecified atom stereocenters. The summed E-state index contributed by atoms with van der Waals surface area (Å²) in [6.07, 6.45) is 0. The summed E-state index contributed by atoms with van der Waals surface area (Å²) < 4.78 is 4.92. The molecule has 0 aliphatic carbocycles. The fourth-order valence-electron chi connectivity index (χ4n) is 1.01. The molecule has 0 amide bonds. The highest BCUT2D eigenvalue weighted by molar-refractivity contribution is 5.54. The van der Waals surface area contributed by atoms with E-state index < -0.39 is 0 Å². The molecule has 1 aromatic carbocycles. The Hall–Kier alpha value is -1.69. The summed E-state index contributed by atoms with van der Waals surface area (Å²) in [5, 5.41) is 17.9. The minimum atomic E-state index is -0.0330. The highest BCUT2D eigenvalue weighted by atomic mass is 16.5. The number of nitrogens with zero attached hydrogens (tertiary/aromatic N) is 1. The molecule has 0 aromatic heterocycles. The van der Waals surface area contributed by atoms with Crippen molar-refractivity contribution in [2.24, 2.45) is 0 Å². The van der Waals surface area contributed by atoms with Crippen molar-refractivity contribution >= 4 is 0 Å². The van der Waals surface area contributed by atoms with Gasteiger partial charge in [-0.3, -0.25) is 0 Å². The van der Waals surface area contributed by atoms with Crippen molar-refractivity contribution in [2.45, 2.75) is 6.92 Å². The van der Waals surface area contributed by atoms with E-state index in [1.54, 1.807) is 6.07 Å². The van der Waals surface area contributed by atoms with Gasteiger partial charge in [0.05, 0.1) is 7.11 Å². The van der Waals surface area contributed by atoms with Gasteiger partial charge in [0.25, 0.3) is 0 Å². The van der Waals surface area contributed by atoms with Gasteiger partial charge in [0.15, 0.2) is 0 Å². The summed E-state index contributed by atoms with van der Waals surface area (Å²) in [7, 11) is 1.47. The zero-order valence-electron chi connectivity index (χ0n) is 6.96. The summed E-state index contributed by atoms with van der Waals surface area (Å²) in [6.45, 7) is 1.82. The quantitative estimate of drug-likeness (QED) is 0.683. The topological polar surface area (TPSA) is 53.2 Å². The largest absolute Gasteiger partial charge is 0.506 e. The summed E-state index contributed by atoms with van der Waals surface area (Å²) in [6, 6.07) is 5.10. The van der Waals surface area contributed by atoms with Crippen molar-refractivity contribution in [3.8, 4) is 17.6 Å². The zero-order valence-corrected chi connectivity index (χ0v) is 6.96. The van der Waals surface area contributed by atoms with E-state index in [0.717, 1.165) is 5.56 Å². The van der Waals surface area contributed by atoms with E-state index in [1.807, 2.05) is 13.0 Å². The second-order valence-electron chi connectivity index (χ2n) is 2.47. The normalized spacial score (nSPS) is 9.08. The number of phenolic OH excluding ortho intramolecular Hbond substituents is 1. The molecule has 3 heteroatoms. The van der Waals surface area contributed by atoms with Crippen molar-refractivity contribution in [1.29, 1.82) is 5.26 Å². The van der Waals surface area contributed by atoms with Crippen LogP contribution in [0, 0.1) is 18.3 Å². The van der Waals surface area contributed by atoms with E-state index in [9.17, 15) is 5.11 Å². The first-order chi connectivity index (χ1) is 5.69. The van der Waals surface area contributed by atoms with Crippen molar-refractivity contribution in [2.75, 3.05) is 7.11 Å². The van der Waals surface area contributed by atoms with Crippen LogP contribution in [0.15, 0.2) is 12.1 Å². The minimum Gasteiger partial charge on any atom is -0.506 e. The van der Waals surface area contributed by atoms with Crippen LogP contribution in [-0.4, -0.2) is 12.2 Å². The Morgan fingerprint density at radius 3 is 2.67 bits per heavy atom. The number of aromatic hydroxyl groups is 1. The van der Waals surface area contributed by atoms with Gasteiger partial charge in [-0.25, -0.2) is 0 Å². The summed E-state index contributed by atoms with van der Waals surface area (Å²) in [5.41, 5.74) is 1.05. The van der Waals surface area contributed by atoms with Crippen LogP contribution < -0.4 is 4.74 Å². The average Bonchev–Trinajstić information content (AvgIpc) is 2.03. The predicted octanol–water partition coefficient (Wildman–Crippen LogP) is 1.58. The van der Waals surface area contributed by atoms with Crippen LogP contribution in [0.4, 0.5) is 0 Å². The minimum absolute atomic E-state index is 0.0330. The maximum Gasteiger partial charge on any atom is 0.140 e. The molecule has 0 atom stereocenters. The molecule has 1 rings (SSSR count). The van der Waals surface area contributed by atoms with Crippen LogP contribution in [0.1, 0.15) is 11.1 Å². The van der Waals surface area contributed by atoms with Crippen molar-refractivity contribution in [3.63, 3.8) is 0 Å². The Bertz CT molecular complexity index is 339. The van der Waals surface area contributed by atoms with E-state index >= 15 is 0 Å². The number of hydrogen-bond donors (Lipinski definition) is 1. The molecular formula is C9H9NO2. The molecule has 3 nitrogen and oxygen atoms in total. The van der Waals surface area contributed by atoms with E-state index in [1.165, 1.54) is 13.2 Å². The smallest absolute Gasteiger partial charge is 0.140 e. The fourth-order valence-corrected chi connectivity index (χ4v) is 1.01. The van der Waals surface area contributed by atoms with Crippen molar-refractivity contribution in [1.82, 2.24) is 0 Å². The summed E-state index contributed by atoms with van der Waals surface area (Å²) in [4.78, 5) is 0. The molecule has 0 saturated carbocycles. The number of hydrogen-bond acceptors (Lipinski definition) is 3. The Morgan fingerprint density at radius 2 is 2.17 bits per heavy atom. The maximum atomic E-state index is 9.30. The monoisotopic (exact) mass is 163 g/mol. The molecule has 0 aliphatic rings. The Morgan fingerprint density at radius 1 is 1.50 bits per heavy atom. The number of aryl methyl sites for hydroxylation is 1. The number of methoxy groups -OCH3 is 1. The van der Waals surface area contributed by atoms with E-state index in [4.69, 9.17) is 10.00 Å². The number of phenols is 1. The van der Waals surface area contributed by atoms with Gasteiger partial charge in [-0.1, -0.05) is 0 Å². The van der Waals surface area contributed by atoms with Gasteiger partial charge in [0, 0.05) is 0 Å². The lowest BCUT2D eigenvalue weighted by atomic mass is 10.1. The molecule has 1 N–H and O–H groups in total. The summed E-state index contributed by atoms with van der Waals surface area (Å²) in [5.74, 6) is 0.379. The zero-order chi connectivity index (χ0) is 9.14. The van der Waals surface area contributed by atoms with Crippen LogP contribution in [-0.2, 0) is 0 Å². The van der Waals surface area contributed by atoms with Gasteiger partial charge in [-0.15, -0.1) is 0 Å². The highest BCUT2D eigenvalue weighted by Gasteiger charge is 2.07. The van der Waals surface area contributed by atoms with E-state index in [2.05, 4.69) is 0 Å². The molecule has 12 heavy (non-hydrogen) atoms. The molecule has 0 saturated heterocycles. The third kappa shape index (κ3) is 1.32. The molecule has 0 fully saturated rings. The Kier molecular flexibility index (Phi) is 2.20. The lowest BCUT2D eigenvalue weighted by Crippen LogP contribution is -1.89. The molecule has 0 spiro atoms. The first kappa shape index (κ1) is 8.41. The number of nitriles is 1. The van der Waals surface area contributed by atoms with E-state index in [0.29, 0.717) is 5.75 Å². The van der Waals surface area contributed by atoms with Gasteiger partial charge < -0.3 is 9.84 Å². The van der Waals surface area contributed by atoms with Gasteiger partial charge in [0.1, 0.15) is 23.1 Å². The predicted molar refractivity (Wildman–Crippen MR) is 44.1 cm³/mol. The molecule has 1 aromatic rings. The van der Waals surface area contributed by atoms with Gasteiger partial charge in [-0.2, -0.15) is 5.26 Å². The average molecular weight is 163 g/mol. The van der Waals surface area contributed by atoms with Gasteiger partial charge >= 0.3 is 0 Å². The Labute approximate surface area is 70.8 Å². The molecule has 0 bridgehead atoms. The molecule has 0 radical (unpaired) electrons. The molecule has 0 heterocycles. The molecule has 0 aliphatic heterocycles.